The minimum absolute atomic E-state index is 0.595. The molecule has 1 aromatic heterocycles. The third-order valence-corrected chi connectivity index (χ3v) is 3.86. The largest absolute Gasteiger partial charge is 0.328 e. The first-order valence-corrected chi connectivity index (χ1v) is 6.21. The first-order valence-electron chi connectivity index (χ1n) is 5.42. The zero-order valence-corrected chi connectivity index (χ0v) is 10.3. The van der Waals surface area contributed by atoms with Gasteiger partial charge >= 0.3 is 0 Å². The van der Waals surface area contributed by atoms with Crippen molar-refractivity contribution in [3.05, 3.63) is 28.5 Å². The normalized spacial score (nSPS) is 20.5. The van der Waals surface area contributed by atoms with Gasteiger partial charge in [-0.25, -0.2) is 4.98 Å². The summed E-state index contributed by atoms with van der Waals surface area (Å²) < 4.78 is 3.47. The molecule has 2 nitrogen and oxygen atoms in total. The fourth-order valence-corrected chi connectivity index (χ4v) is 2.87. The predicted molar refractivity (Wildman–Crippen MR) is 65.1 cm³/mol. The fourth-order valence-electron chi connectivity index (χ4n) is 2.43. The highest BCUT2D eigenvalue weighted by Crippen LogP contribution is 2.32. The topological polar surface area (TPSA) is 17.8 Å². The first kappa shape index (κ1) is 9.40. The Morgan fingerprint density at radius 2 is 2.33 bits per heavy atom. The van der Waals surface area contributed by atoms with Crippen LogP contribution in [0.5, 0.6) is 0 Å². The molecule has 15 heavy (non-hydrogen) atoms. The summed E-state index contributed by atoms with van der Waals surface area (Å²) in [6.07, 6.45) is 2.53. The molecule has 0 saturated heterocycles. The van der Waals surface area contributed by atoms with Crippen LogP contribution in [0.15, 0.2) is 22.7 Å². The lowest BCUT2D eigenvalue weighted by Crippen LogP contribution is -2.13. The van der Waals surface area contributed by atoms with Crippen LogP contribution in [-0.2, 0) is 6.54 Å². The van der Waals surface area contributed by atoms with Gasteiger partial charge in [-0.2, -0.15) is 0 Å². The number of rotatable bonds is 0. The Hall–Kier alpha value is -0.830. The molecule has 0 radical (unpaired) electrons. The SMILES string of the molecule is CC1CCCn2c1nc1c(Br)cccc12. The van der Waals surface area contributed by atoms with E-state index in [9.17, 15) is 0 Å². The van der Waals surface area contributed by atoms with Crippen LogP contribution in [0.25, 0.3) is 11.0 Å². The maximum atomic E-state index is 4.75. The highest BCUT2D eigenvalue weighted by Gasteiger charge is 2.21. The van der Waals surface area contributed by atoms with Crippen LogP contribution in [0.4, 0.5) is 0 Å². The monoisotopic (exact) mass is 264 g/mol. The van der Waals surface area contributed by atoms with Crippen LogP contribution in [0.1, 0.15) is 31.5 Å². The molecule has 0 fully saturated rings. The van der Waals surface area contributed by atoms with Gasteiger partial charge in [0.05, 0.1) is 5.52 Å². The summed E-state index contributed by atoms with van der Waals surface area (Å²) in [5.41, 5.74) is 2.38. The summed E-state index contributed by atoms with van der Waals surface area (Å²) in [4.78, 5) is 4.75. The van der Waals surface area contributed by atoms with E-state index >= 15 is 0 Å². The van der Waals surface area contributed by atoms with E-state index in [1.807, 2.05) is 0 Å². The second-order valence-corrected chi connectivity index (χ2v) is 5.13. The van der Waals surface area contributed by atoms with Crippen molar-refractivity contribution < 1.29 is 0 Å². The number of para-hydroxylation sites is 1. The van der Waals surface area contributed by atoms with Crippen molar-refractivity contribution in [2.24, 2.45) is 0 Å². The van der Waals surface area contributed by atoms with E-state index in [1.165, 1.54) is 24.2 Å². The number of halogens is 1. The van der Waals surface area contributed by atoms with E-state index in [4.69, 9.17) is 4.98 Å². The van der Waals surface area contributed by atoms with Gasteiger partial charge in [0.15, 0.2) is 0 Å². The maximum absolute atomic E-state index is 4.75. The molecule has 0 saturated carbocycles. The average molecular weight is 265 g/mol. The second-order valence-electron chi connectivity index (χ2n) is 4.27. The quantitative estimate of drug-likeness (QED) is 0.710. The number of nitrogens with zero attached hydrogens (tertiary/aromatic N) is 2. The Morgan fingerprint density at radius 3 is 3.20 bits per heavy atom. The lowest BCUT2D eigenvalue weighted by molar-refractivity contribution is 0.471. The molecule has 0 spiro atoms. The summed E-state index contributed by atoms with van der Waals surface area (Å²) in [7, 11) is 0. The van der Waals surface area contributed by atoms with E-state index in [0.29, 0.717) is 5.92 Å². The highest BCUT2D eigenvalue weighted by atomic mass is 79.9. The van der Waals surface area contributed by atoms with Crippen molar-refractivity contribution in [2.45, 2.75) is 32.2 Å². The van der Waals surface area contributed by atoms with E-state index in [-0.39, 0.29) is 0 Å². The molecule has 3 heteroatoms. The van der Waals surface area contributed by atoms with Gasteiger partial charge in [-0.3, -0.25) is 0 Å². The van der Waals surface area contributed by atoms with Crippen LogP contribution < -0.4 is 0 Å². The molecule has 0 aliphatic carbocycles. The van der Waals surface area contributed by atoms with Crippen LogP contribution in [-0.4, -0.2) is 9.55 Å². The van der Waals surface area contributed by atoms with Gasteiger partial charge in [-0.1, -0.05) is 13.0 Å². The third-order valence-electron chi connectivity index (χ3n) is 3.22. The number of aryl methyl sites for hydroxylation is 1. The van der Waals surface area contributed by atoms with Gasteiger partial charge in [0.25, 0.3) is 0 Å². The molecule has 1 atom stereocenters. The third kappa shape index (κ3) is 1.33. The molecule has 2 heterocycles. The molecule has 2 aromatic rings. The Labute approximate surface area is 97.4 Å². The van der Waals surface area contributed by atoms with Crippen LogP contribution >= 0.6 is 15.9 Å². The standard InChI is InChI=1S/C12H13BrN2/c1-8-4-3-7-15-10-6-2-5-9(13)11(10)14-12(8)15/h2,5-6,8H,3-4,7H2,1H3. The van der Waals surface area contributed by atoms with Crippen molar-refractivity contribution in [2.75, 3.05) is 0 Å². The summed E-state index contributed by atoms with van der Waals surface area (Å²) in [5, 5.41) is 0. The molecular formula is C12H13BrN2. The van der Waals surface area contributed by atoms with Gasteiger partial charge in [-0.05, 0) is 40.9 Å². The highest BCUT2D eigenvalue weighted by molar-refractivity contribution is 9.10. The van der Waals surface area contributed by atoms with E-state index in [2.05, 4.69) is 45.6 Å². The van der Waals surface area contributed by atoms with Crippen molar-refractivity contribution in [3.8, 4) is 0 Å². The van der Waals surface area contributed by atoms with Crippen molar-refractivity contribution in [1.29, 1.82) is 0 Å². The molecule has 0 N–H and O–H groups in total. The molecule has 0 amide bonds. The molecule has 3 rings (SSSR count). The van der Waals surface area contributed by atoms with Crippen molar-refractivity contribution >= 4 is 27.0 Å². The lowest BCUT2D eigenvalue weighted by atomic mass is 10.0. The Balaban J connectivity index is 2.35. The molecule has 78 valence electrons. The summed E-state index contributed by atoms with van der Waals surface area (Å²) in [6, 6.07) is 6.31. The average Bonchev–Trinajstić information content (AvgIpc) is 2.60. The van der Waals surface area contributed by atoms with E-state index < -0.39 is 0 Å². The number of imidazole rings is 1. The minimum Gasteiger partial charge on any atom is -0.328 e. The molecule has 1 aliphatic heterocycles. The summed E-state index contributed by atoms with van der Waals surface area (Å²) in [5.74, 6) is 1.85. The van der Waals surface area contributed by atoms with Crippen LogP contribution in [0.2, 0.25) is 0 Å². The molecule has 1 aliphatic rings. The zero-order chi connectivity index (χ0) is 10.4. The Morgan fingerprint density at radius 1 is 1.47 bits per heavy atom. The van der Waals surface area contributed by atoms with E-state index in [1.54, 1.807) is 0 Å². The van der Waals surface area contributed by atoms with E-state index in [0.717, 1.165) is 16.5 Å². The fraction of sp³-hybridized carbons (Fsp3) is 0.417. The second kappa shape index (κ2) is 3.34. The van der Waals surface area contributed by atoms with Crippen molar-refractivity contribution in [3.63, 3.8) is 0 Å². The molecule has 1 aromatic carbocycles. The van der Waals surface area contributed by atoms with Crippen molar-refractivity contribution in [1.82, 2.24) is 9.55 Å². The van der Waals surface area contributed by atoms with Gasteiger partial charge in [0, 0.05) is 16.9 Å². The molecule has 0 bridgehead atoms. The maximum Gasteiger partial charge on any atom is 0.112 e. The number of benzene rings is 1. The van der Waals surface area contributed by atoms with Gasteiger partial charge in [0.1, 0.15) is 11.3 Å². The van der Waals surface area contributed by atoms with Gasteiger partial charge in [0.2, 0.25) is 0 Å². The summed E-state index contributed by atoms with van der Waals surface area (Å²) in [6.45, 7) is 3.39. The minimum atomic E-state index is 0.595. The number of hydrogen-bond acceptors (Lipinski definition) is 1. The number of fused-ring (bicyclic) bond motifs is 3. The Bertz CT molecular complexity index is 516. The number of aromatic nitrogens is 2. The Kier molecular flexibility index (Phi) is 2.09. The lowest BCUT2D eigenvalue weighted by Gasteiger charge is -2.20. The van der Waals surface area contributed by atoms with Gasteiger partial charge in [-0.15, -0.1) is 0 Å². The van der Waals surface area contributed by atoms with Crippen LogP contribution in [0, 0.1) is 0 Å². The molecular weight excluding hydrogens is 252 g/mol. The van der Waals surface area contributed by atoms with Crippen LogP contribution in [0.3, 0.4) is 0 Å². The molecule has 1 unspecified atom stereocenters. The number of hydrogen-bond donors (Lipinski definition) is 0. The predicted octanol–water partition coefficient (Wildman–Crippen LogP) is 3.70. The zero-order valence-electron chi connectivity index (χ0n) is 8.70. The smallest absolute Gasteiger partial charge is 0.112 e. The first-order chi connectivity index (χ1) is 7.27. The summed E-state index contributed by atoms with van der Waals surface area (Å²) >= 11 is 3.57. The van der Waals surface area contributed by atoms with Gasteiger partial charge < -0.3 is 4.57 Å².